The molecule has 0 aliphatic rings. The van der Waals surface area contributed by atoms with Crippen LogP contribution in [-0.2, 0) is 15.1 Å². The minimum Gasteiger partial charge on any atom is -1.00 e. The van der Waals surface area contributed by atoms with Gasteiger partial charge < -0.3 is 31.3 Å². The smallest absolute Gasteiger partial charge is 0.347 e. The van der Waals surface area contributed by atoms with E-state index in [0.29, 0.717) is 11.1 Å². The Hall–Kier alpha value is -1.21. The second-order valence-electron chi connectivity index (χ2n) is 6.55. The van der Waals surface area contributed by atoms with Gasteiger partial charge in [0.05, 0.1) is 20.1 Å². The van der Waals surface area contributed by atoms with Crippen molar-refractivity contribution in [1.29, 1.82) is 0 Å². The number of benzene rings is 2. The summed E-state index contributed by atoms with van der Waals surface area (Å²) >= 11 is 2.94. The summed E-state index contributed by atoms with van der Waals surface area (Å²) in [5.74, 6) is 1.18. The average molecular weight is 517 g/mol. The molecule has 0 unspecified atom stereocenters. The van der Waals surface area contributed by atoms with Crippen LogP contribution >= 0.6 is 15.9 Å². The highest BCUT2D eigenvalue weighted by Crippen LogP contribution is 2.31. The van der Waals surface area contributed by atoms with Crippen molar-refractivity contribution in [2.75, 3.05) is 39.1 Å². The first kappa shape index (κ1) is 26.8. The fraction of sp³-hybridized carbons (Fsp3) is 0.409. The monoisotopic (exact) mass is 515 g/mol. The molecule has 0 saturated heterocycles. The SMILES string of the molecule is CBr.CC[N+](C)(CC)CCOC(=O)C(O)(c1ccccc1)c1ccccc1.[Br-]. The predicted molar refractivity (Wildman–Crippen MR) is 114 cm³/mol. The van der Waals surface area contributed by atoms with Crippen LogP contribution in [0.4, 0.5) is 0 Å². The Morgan fingerprint density at radius 3 is 1.71 bits per heavy atom. The molecule has 0 amide bonds. The molecule has 4 nitrogen and oxygen atoms in total. The number of nitrogens with zero attached hydrogens (tertiary/aromatic N) is 1. The Labute approximate surface area is 188 Å². The van der Waals surface area contributed by atoms with E-state index in [1.807, 2.05) is 18.0 Å². The Morgan fingerprint density at radius 1 is 0.964 bits per heavy atom. The Balaban J connectivity index is 0.00000235. The van der Waals surface area contributed by atoms with Gasteiger partial charge in [0.15, 0.2) is 0 Å². The summed E-state index contributed by atoms with van der Waals surface area (Å²) < 4.78 is 6.33. The van der Waals surface area contributed by atoms with Crippen LogP contribution in [0.15, 0.2) is 60.7 Å². The molecule has 0 fully saturated rings. The number of likely N-dealkylation sites (N-methyl/N-ethyl adjacent to an activating group) is 1. The minimum absolute atomic E-state index is 0. The molecule has 0 radical (unpaired) electrons. The molecule has 0 bridgehead atoms. The quantitative estimate of drug-likeness (QED) is 0.323. The summed E-state index contributed by atoms with van der Waals surface area (Å²) in [5.41, 5.74) is -0.784. The highest BCUT2D eigenvalue weighted by Gasteiger charge is 2.41. The fourth-order valence-corrected chi connectivity index (χ4v) is 2.76. The lowest BCUT2D eigenvalue weighted by Gasteiger charge is -2.32. The van der Waals surface area contributed by atoms with Crippen molar-refractivity contribution >= 4 is 21.9 Å². The van der Waals surface area contributed by atoms with Gasteiger partial charge >= 0.3 is 5.97 Å². The first-order valence-corrected chi connectivity index (χ1v) is 10.8. The van der Waals surface area contributed by atoms with Crippen LogP contribution in [0.2, 0.25) is 0 Å². The lowest BCUT2D eigenvalue weighted by atomic mass is 9.86. The van der Waals surface area contributed by atoms with Crippen molar-refractivity contribution in [1.82, 2.24) is 0 Å². The largest absolute Gasteiger partial charge is 1.00 e. The number of halogens is 2. The number of esters is 1. The van der Waals surface area contributed by atoms with Crippen molar-refractivity contribution in [3.8, 4) is 0 Å². The second-order valence-corrected chi connectivity index (χ2v) is 6.55. The van der Waals surface area contributed by atoms with E-state index in [4.69, 9.17) is 4.74 Å². The molecule has 1 N–H and O–H groups in total. The van der Waals surface area contributed by atoms with Gasteiger partial charge in [-0.15, -0.1) is 0 Å². The van der Waals surface area contributed by atoms with Crippen molar-refractivity contribution in [2.24, 2.45) is 0 Å². The summed E-state index contributed by atoms with van der Waals surface area (Å²) in [6.45, 7) is 7.17. The van der Waals surface area contributed by atoms with E-state index in [1.54, 1.807) is 48.5 Å². The van der Waals surface area contributed by atoms with Gasteiger partial charge in [0.1, 0.15) is 13.2 Å². The average Bonchev–Trinajstić information content (AvgIpc) is 2.75. The second kappa shape index (κ2) is 13.1. The molecule has 156 valence electrons. The summed E-state index contributed by atoms with van der Waals surface area (Å²) in [6.07, 6.45) is 0. The van der Waals surface area contributed by atoms with Gasteiger partial charge in [0.2, 0.25) is 5.60 Å². The number of quaternary nitrogens is 1. The topological polar surface area (TPSA) is 46.5 Å². The van der Waals surface area contributed by atoms with E-state index in [9.17, 15) is 9.90 Å². The molecule has 2 aromatic carbocycles. The van der Waals surface area contributed by atoms with Crippen LogP contribution in [-0.4, -0.2) is 54.7 Å². The van der Waals surface area contributed by atoms with Crippen LogP contribution < -0.4 is 17.0 Å². The predicted octanol–water partition coefficient (Wildman–Crippen LogP) is 0.967. The fourth-order valence-electron chi connectivity index (χ4n) is 2.76. The standard InChI is InChI=1S/C21H28NO3.CH3Br.BrH/c1-4-22(3,5-2)16-17-25-20(23)21(24,18-12-8-6-9-13-18)19-14-10-7-11-15-19;1-2;/h6-15,24H,4-5,16-17H2,1-3H3;1H3;1H/q+1;;/p-1. The normalized spacial score (nSPS) is 10.9. The summed E-state index contributed by atoms with van der Waals surface area (Å²) in [6, 6.07) is 17.9. The van der Waals surface area contributed by atoms with Crippen LogP contribution in [0.1, 0.15) is 25.0 Å². The zero-order valence-corrected chi connectivity index (χ0v) is 20.2. The van der Waals surface area contributed by atoms with Crippen molar-refractivity contribution < 1.29 is 36.1 Å². The molecule has 0 spiro atoms. The third-order valence-electron chi connectivity index (χ3n) is 5.07. The number of ether oxygens (including phenoxy) is 1. The van der Waals surface area contributed by atoms with Gasteiger partial charge in [-0.1, -0.05) is 76.6 Å². The zero-order valence-electron chi connectivity index (χ0n) is 17.1. The number of carbonyl (C=O) groups is 1. The maximum absolute atomic E-state index is 12.8. The molecule has 0 aromatic heterocycles. The highest BCUT2D eigenvalue weighted by atomic mass is 79.9. The van der Waals surface area contributed by atoms with E-state index in [0.717, 1.165) is 24.1 Å². The summed E-state index contributed by atoms with van der Waals surface area (Å²) in [4.78, 5) is 12.8. The molecule has 0 atom stereocenters. The third kappa shape index (κ3) is 6.69. The van der Waals surface area contributed by atoms with Gasteiger partial charge in [-0.05, 0) is 30.8 Å². The van der Waals surface area contributed by atoms with Gasteiger partial charge in [-0.3, -0.25) is 0 Å². The number of carbonyl (C=O) groups excluding carboxylic acids is 1. The number of aliphatic hydroxyl groups is 1. The lowest BCUT2D eigenvalue weighted by Crippen LogP contribution is -3.00. The van der Waals surface area contributed by atoms with E-state index >= 15 is 0 Å². The maximum atomic E-state index is 12.8. The molecule has 0 aliphatic heterocycles. The van der Waals surface area contributed by atoms with Gasteiger partial charge in [0, 0.05) is 0 Å². The first-order valence-electron chi connectivity index (χ1n) is 9.18. The van der Waals surface area contributed by atoms with Gasteiger partial charge in [0.25, 0.3) is 0 Å². The lowest BCUT2D eigenvalue weighted by molar-refractivity contribution is -0.906. The molecular weight excluding hydrogens is 486 g/mol. The molecule has 0 heterocycles. The number of hydrogen-bond donors (Lipinski definition) is 1. The van der Waals surface area contributed by atoms with Crippen molar-refractivity contribution in [2.45, 2.75) is 19.4 Å². The van der Waals surface area contributed by atoms with Crippen LogP contribution in [0.3, 0.4) is 0 Å². The molecule has 6 heteroatoms. The van der Waals surface area contributed by atoms with E-state index < -0.39 is 11.6 Å². The van der Waals surface area contributed by atoms with E-state index in [-0.39, 0.29) is 23.6 Å². The maximum Gasteiger partial charge on any atom is 0.347 e. The first-order chi connectivity index (χ1) is 13.0. The number of rotatable bonds is 8. The number of alkyl halides is 1. The Morgan fingerprint density at radius 2 is 1.36 bits per heavy atom. The summed E-state index contributed by atoms with van der Waals surface area (Å²) in [5, 5.41) is 11.3. The highest BCUT2D eigenvalue weighted by molar-refractivity contribution is 9.08. The molecule has 0 aliphatic carbocycles. The summed E-state index contributed by atoms with van der Waals surface area (Å²) in [7, 11) is 2.13. The van der Waals surface area contributed by atoms with Crippen LogP contribution in [0.5, 0.6) is 0 Å². The van der Waals surface area contributed by atoms with E-state index in [2.05, 4.69) is 36.8 Å². The van der Waals surface area contributed by atoms with Crippen LogP contribution in [0, 0.1) is 0 Å². The Bertz CT molecular complexity index is 637. The van der Waals surface area contributed by atoms with Crippen molar-refractivity contribution in [3.63, 3.8) is 0 Å². The third-order valence-corrected chi connectivity index (χ3v) is 5.07. The van der Waals surface area contributed by atoms with Gasteiger partial charge in [-0.25, -0.2) is 4.79 Å². The number of hydrogen-bond acceptors (Lipinski definition) is 3. The molecule has 2 aromatic rings. The molecule has 2 rings (SSSR count). The zero-order chi connectivity index (χ0) is 20.3. The van der Waals surface area contributed by atoms with Crippen molar-refractivity contribution in [3.05, 3.63) is 71.8 Å². The van der Waals surface area contributed by atoms with E-state index in [1.165, 1.54) is 0 Å². The molecular formula is C22H31Br2NO3. The van der Waals surface area contributed by atoms with Crippen LogP contribution in [0.25, 0.3) is 0 Å². The molecule has 0 saturated carbocycles. The Kier molecular flexibility index (Phi) is 12.5. The minimum atomic E-state index is -1.80. The van der Waals surface area contributed by atoms with Gasteiger partial charge in [-0.2, -0.15) is 0 Å². The molecule has 28 heavy (non-hydrogen) atoms.